The van der Waals surface area contributed by atoms with Gasteiger partial charge in [-0.2, -0.15) is 0 Å². The number of furan rings is 1. The van der Waals surface area contributed by atoms with Crippen molar-refractivity contribution in [3.05, 3.63) is 192 Å². The molecule has 5 heteroatoms. The highest BCUT2D eigenvalue weighted by molar-refractivity contribution is 7.26. The number of aliphatic imine (C=N–C) groups is 2. The van der Waals surface area contributed by atoms with Crippen LogP contribution >= 0.6 is 11.3 Å². The van der Waals surface area contributed by atoms with Gasteiger partial charge in [-0.25, -0.2) is 9.98 Å². The molecule has 0 fully saturated rings. The molecule has 0 saturated heterocycles. The van der Waals surface area contributed by atoms with Gasteiger partial charge in [-0.1, -0.05) is 158 Å². The molecule has 4 nitrogen and oxygen atoms in total. The number of nitrogens with zero attached hydrogens (tertiary/aromatic N) is 2. The Morgan fingerprint density at radius 2 is 1.20 bits per heavy atom. The molecule has 0 radical (unpaired) electrons. The summed E-state index contributed by atoms with van der Waals surface area (Å²) < 4.78 is 9.18. The molecule has 2 unspecified atom stereocenters. The monoisotopic (exact) mass is 713 g/mol. The highest BCUT2D eigenvalue weighted by Gasteiger charge is 2.32. The number of benzene rings is 6. The van der Waals surface area contributed by atoms with Gasteiger partial charge in [-0.05, 0) is 46.2 Å². The molecule has 0 saturated carbocycles. The smallest absolute Gasteiger partial charge is 0.169 e. The van der Waals surface area contributed by atoms with Crippen LogP contribution in [0, 0.1) is 5.92 Å². The van der Waals surface area contributed by atoms with Gasteiger partial charge in [-0.15, -0.1) is 11.3 Å². The second-order valence-electron chi connectivity index (χ2n) is 14.4. The Hall–Kier alpha value is -6.30. The van der Waals surface area contributed by atoms with Crippen molar-refractivity contribution in [3.8, 4) is 22.3 Å². The predicted octanol–water partition coefficient (Wildman–Crippen LogP) is 12.4. The molecule has 2 atom stereocenters. The van der Waals surface area contributed by atoms with E-state index in [-0.39, 0.29) is 6.17 Å². The van der Waals surface area contributed by atoms with Crippen LogP contribution in [0.2, 0.25) is 0 Å². The largest absolute Gasteiger partial charge is 0.461 e. The van der Waals surface area contributed by atoms with E-state index in [0.29, 0.717) is 11.8 Å². The molecule has 0 bridgehead atoms. The first-order valence-electron chi connectivity index (χ1n) is 18.7. The third kappa shape index (κ3) is 5.19. The van der Waals surface area contributed by atoms with Crippen molar-refractivity contribution in [3.63, 3.8) is 0 Å². The van der Waals surface area contributed by atoms with Crippen LogP contribution in [0.5, 0.6) is 0 Å². The fraction of sp³-hybridized carbons (Fsp3) is 0.102. The van der Waals surface area contributed by atoms with Crippen molar-refractivity contribution in [1.82, 2.24) is 5.32 Å². The van der Waals surface area contributed by atoms with Crippen molar-refractivity contribution in [1.29, 1.82) is 0 Å². The highest BCUT2D eigenvalue weighted by Crippen LogP contribution is 2.47. The summed E-state index contributed by atoms with van der Waals surface area (Å²) in [6.07, 6.45) is 10.9. The van der Waals surface area contributed by atoms with E-state index in [9.17, 15) is 0 Å². The number of thiophene rings is 1. The van der Waals surface area contributed by atoms with E-state index in [1.165, 1.54) is 53.4 Å². The molecule has 8 aromatic rings. The van der Waals surface area contributed by atoms with Crippen LogP contribution in [-0.4, -0.2) is 11.7 Å². The number of hydrogen-bond donors (Lipinski definition) is 1. The number of nitrogens with one attached hydrogen (secondary N) is 1. The van der Waals surface area contributed by atoms with Gasteiger partial charge in [0.1, 0.15) is 23.0 Å². The Morgan fingerprint density at radius 3 is 1.89 bits per heavy atom. The van der Waals surface area contributed by atoms with Crippen LogP contribution < -0.4 is 5.32 Å². The maximum atomic E-state index is 6.59. The van der Waals surface area contributed by atoms with Gasteiger partial charge in [-0.3, -0.25) is 0 Å². The van der Waals surface area contributed by atoms with E-state index in [4.69, 9.17) is 14.4 Å². The summed E-state index contributed by atoms with van der Waals surface area (Å²) in [6, 6.07) is 49.6. The second kappa shape index (κ2) is 12.7. The molecule has 258 valence electrons. The summed E-state index contributed by atoms with van der Waals surface area (Å²) >= 11 is 1.88. The highest BCUT2D eigenvalue weighted by atomic mass is 32.1. The summed E-state index contributed by atoms with van der Waals surface area (Å²) in [6.45, 7) is 0. The van der Waals surface area contributed by atoms with Crippen molar-refractivity contribution >= 4 is 54.1 Å². The molecule has 2 aliphatic carbocycles. The lowest BCUT2D eigenvalue weighted by molar-refractivity contribution is 0.436. The van der Waals surface area contributed by atoms with Gasteiger partial charge in [0.2, 0.25) is 0 Å². The molecule has 6 aromatic carbocycles. The van der Waals surface area contributed by atoms with Gasteiger partial charge in [0.15, 0.2) is 6.17 Å². The fourth-order valence-electron chi connectivity index (χ4n) is 8.62. The summed E-state index contributed by atoms with van der Waals surface area (Å²) in [5.74, 6) is 3.77. The number of hydrogen-bond acceptors (Lipinski definition) is 5. The maximum absolute atomic E-state index is 6.59. The average molecular weight is 714 g/mol. The average Bonchev–Trinajstić information content (AvgIpc) is 3.83. The molecular weight excluding hydrogens is 679 g/mol. The lowest BCUT2D eigenvalue weighted by atomic mass is 9.75. The van der Waals surface area contributed by atoms with Crippen molar-refractivity contribution in [2.24, 2.45) is 15.9 Å². The summed E-state index contributed by atoms with van der Waals surface area (Å²) in [7, 11) is 0. The molecule has 2 aromatic heterocycles. The molecule has 0 amide bonds. The zero-order valence-electron chi connectivity index (χ0n) is 29.4. The van der Waals surface area contributed by atoms with Gasteiger partial charge < -0.3 is 9.73 Å². The normalized spacial score (nSPS) is 18.0. The minimum atomic E-state index is -0.358. The first-order valence-corrected chi connectivity index (χ1v) is 19.6. The summed E-state index contributed by atoms with van der Waals surface area (Å²) in [5, 5.41) is 7.31. The standard InChI is InChI=1S/C49H35N3OS/c1-3-12-32(13-4-1)47-50-48(33-14-5-2-6-15-33)52-49(51-47)34-23-21-31(22-24-34)37-17-9-19-39-40-20-10-18-38(46(40)54-45(37)39)35-25-27-41-43(29-35)53-42-28-26-30-11-7-8-16-36(30)44(41)42/h1-25,27,29-30,36,49H,26,28H2,(H,50,51,52). The van der Waals surface area contributed by atoms with E-state index in [1.807, 2.05) is 47.7 Å². The third-order valence-electron chi connectivity index (χ3n) is 11.3. The number of allylic oxidation sites excluding steroid dienone is 4. The summed E-state index contributed by atoms with van der Waals surface area (Å²) in [4.78, 5) is 10.2. The molecule has 3 aliphatic rings. The van der Waals surface area contributed by atoms with E-state index in [2.05, 4.69) is 133 Å². The van der Waals surface area contributed by atoms with Gasteiger partial charge in [0.05, 0.1) is 0 Å². The van der Waals surface area contributed by atoms with Gasteiger partial charge >= 0.3 is 0 Å². The second-order valence-corrected chi connectivity index (χ2v) is 15.4. The molecular formula is C49H35N3OS. The molecule has 11 rings (SSSR count). The molecule has 1 N–H and O–H groups in total. The summed E-state index contributed by atoms with van der Waals surface area (Å²) in [5.41, 5.74) is 10.4. The van der Waals surface area contributed by atoms with Crippen molar-refractivity contribution in [2.45, 2.75) is 24.9 Å². The molecule has 54 heavy (non-hydrogen) atoms. The van der Waals surface area contributed by atoms with Crippen LogP contribution in [0.4, 0.5) is 0 Å². The molecule has 1 aliphatic heterocycles. The Balaban J connectivity index is 0.961. The van der Waals surface area contributed by atoms with Crippen LogP contribution in [0.15, 0.2) is 178 Å². The Morgan fingerprint density at radius 1 is 0.574 bits per heavy atom. The molecule has 0 spiro atoms. The fourth-order valence-corrected chi connectivity index (χ4v) is 9.99. The zero-order chi connectivity index (χ0) is 35.6. The number of amidine groups is 2. The lowest BCUT2D eigenvalue weighted by Crippen LogP contribution is -2.35. The van der Waals surface area contributed by atoms with Crippen LogP contribution in [-0.2, 0) is 6.42 Å². The van der Waals surface area contributed by atoms with Gasteiger partial charge in [0.25, 0.3) is 0 Å². The first-order chi connectivity index (χ1) is 26.7. The van der Waals surface area contributed by atoms with Crippen LogP contribution in [0.25, 0.3) is 53.4 Å². The quantitative estimate of drug-likeness (QED) is 0.193. The maximum Gasteiger partial charge on any atom is 0.169 e. The Bertz CT molecular complexity index is 2800. The van der Waals surface area contributed by atoms with E-state index >= 15 is 0 Å². The topological polar surface area (TPSA) is 49.9 Å². The first kappa shape index (κ1) is 31.2. The minimum absolute atomic E-state index is 0.358. The SMILES string of the molecule is C1=CC2CCc3oc4cc(-c5cccc6c5sc5c(-c7ccc(C8N=C(c9ccccc9)NC(c9ccccc9)=N8)cc7)cccc56)ccc4c3C2C=C1. The minimum Gasteiger partial charge on any atom is -0.461 e. The Kier molecular flexibility index (Phi) is 7.34. The van der Waals surface area contributed by atoms with E-state index in [0.717, 1.165) is 52.5 Å². The lowest BCUT2D eigenvalue weighted by Gasteiger charge is -2.28. The number of rotatable bonds is 5. The van der Waals surface area contributed by atoms with E-state index < -0.39 is 0 Å². The molecule has 3 heterocycles. The van der Waals surface area contributed by atoms with E-state index in [1.54, 1.807) is 0 Å². The number of fused-ring (bicyclic) bond motifs is 8. The van der Waals surface area contributed by atoms with Crippen LogP contribution in [0.1, 0.15) is 46.5 Å². The third-order valence-corrected chi connectivity index (χ3v) is 12.6. The zero-order valence-corrected chi connectivity index (χ0v) is 30.3. The Labute approximate surface area is 317 Å². The van der Waals surface area contributed by atoms with Crippen molar-refractivity contribution in [2.75, 3.05) is 0 Å². The van der Waals surface area contributed by atoms with Crippen molar-refractivity contribution < 1.29 is 4.42 Å². The van der Waals surface area contributed by atoms with Crippen LogP contribution in [0.3, 0.4) is 0 Å². The van der Waals surface area contributed by atoms with Gasteiger partial charge in [0, 0.05) is 54.6 Å². The predicted molar refractivity (Wildman–Crippen MR) is 225 cm³/mol. The number of aryl methyl sites for hydroxylation is 1.